The van der Waals surface area contributed by atoms with E-state index in [1.807, 2.05) is 19.1 Å². The van der Waals surface area contributed by atoms with Crippen LogP contribution in [-0.4, -0.2) is 17.8 Å². The molecule has 1 heterocycles. The van der Waals surface area contributed by atoms with Crippen LogP contribution >= 0.6 is 45.8 Å². The van der Waals surface area contributed by atoms with Crippen LogP contribution in [0.15, 0.2) is 66.2 Å². The first-order valence-electron chi connectivity index (χ1n) is 10.6. The molecule has 3 aromatic carbocycles. The number of urea groups is 1. The smallest absolute Gasteiger partial charge is 0.335 e. The summed E-state index contributed by atoms with van der Waals surface area (Å²) in [5.74, 6) is -0.809. The van der Waals surface area contributed by atoms with Crippen LogP contribution in [0.25, 0.3) is 6.08 Å². The molecule has 9 heteroatoms. The summed E-state index contributed by atoms with van der Waals surface area (Å²) < 4.78 is 6.66. The lowest BCUT2D eigenvalue weighted by molar-refractivity contribution is -0.122. The molecule has 0 aromatic heterocycles. The van der Waals surface area contributed by atoms with Gasteiger partial charge in [-0.15, -0.1) is 0 Å². The molecule has 0 spiro atoms. The van der Waals surface area contributed by atoms with Crippen molar-refractivity contribution < 1.29 is 19.1 Å². The summed E-state index contributed by atoms with van der Waals surface area (Å²) >= 11 is 14.3. The van der Waals surface area contributed by atoms with Gasteiger partial charge in [-0.1, -0.05) is 54.4 Å². The normalized spacial score (nSPS) is 14.9. The number of halogens is 3. The van der Waals surface area contributed by atoms with Gasteiger partial charge in [-0.2, -0.15) is 0 Å². The number of carbonyl (C=O) groups is 3. The molecule has 6 nitrogen and oxygen atoms in total. The molecule has 0 saturated carbocycles. The zero-order valence-electron chi connectivity index (χ0n) is 18.5. The van der Waals surface area contributed by atoms with E-state index < -0.39 is 17.8 Å². The van der Waals surface area contributed by atoms with Crippen molar-refractivity contribution in [2.75, 3.05) is 4.90 Å². The lowest BCUT2D eigenvalue weighted by atomic mass is 10.1. The van der Waals surface area contributed by atoms with Crippen molar-refractivity contribution in [3.05, 3.63) is 96.5 Å². The topological polar surface area (TPSA) is 75.7 Å². The van der Waals surface area contributed by atoms with Crippen LogP contribution in [0.1, 0.15) is 23.6 Å². The van der Waals surface area contributed by atoms with Crippen LogP contribution in [0.3, 0.4) is 0 Å². The number of nitrogens with zero attached hydrogens (tertiary/aromatic N) is 1. The van der Waals surface area contributed by atoms with Gasteiger partial charge in [0.25, 0.3) is 11.8 Å². The summed E-state index contributed by atoms with van der Waals surface area (Å²) in [6.45, 7) is 2.26. The number of hydrogen-bond donors (Lipinski definition) is 1. The molecular weight excluding hydrogens is 602 g/mol. The number of rotatable bonds is 6. The molecule has 35 heavy (non-hydrogen) atoms. The summed E-state index contributed by atoms with van der Waals surface area (Å²) in [4.78, 5) is 38.9. The van der Waals surface area contributed by atoms with E-state index in [1.54, 1.807) is 48.5 Å². The van der Waals surface area contributed by atoms with Gasteiger partial charge in [0.05, 0.1) is 9.26 Å². The number of barbiturate groups is 1. The number of imide groups is 2. The Morgan fingerprint density at radius 2 is 1.74 bits per heavy atom. The molecule has 1 saturated heterocycles. The van der Waals surface area contributed by atoms with E-state index in [-0.39, 0.29) is 12.2 Å². The summed E-state index contributed by atoms with van der Waals surface area (Å²) in [5, 5.41) is 3.30. The van der Waals surface area contributed by atoms with Crippen LogP contribution in [0.2, 0.25) is 10.0 Å². The zero-order valence-corrected chi connectivity index (χ0v) is 22.1. The van der Waals surface area contributed by atoms with Gasteiger partial charge >= 0.3 is 6.03 Å². The van der Waals surface area contributed by atoms with Gasteiger partial charge in [0.1, 0.15) is 17.9 Å². The Bertz CT molecular complexity index is 1360. The number of ether oxygens (including phenoxy) is 1. The minimum Gasteiger partial charge on any atom is -0.488 e. The van der Waals surface area contributed by atoms with E-state index in [0.29, 0.717) is 27.0 Å². The van der Waals surface area contributed by atoms with Gasteiger partial charge in [-0.3, -0.25) is 14.9 Å². The Hall–Kier alpha value is -2.88. The van der Waals surface area contributed by atoms with E-state index in [2.05, 4.69) is 27.9 Å². The minimum atomic E-state index is -0.777. The lowest BCUT2D eigenvalue weighted by Crippen LogP contribution is -2.54. The second-order valence-electron chi connectivity index (χ2n) is 7.69. The van der Waals surface area contributed by atoms with Gasteiger partial charge in [0.2, 0.25) is 0 Å². The standard InChI is InChI=1S/C26H19Cl2IN2O4/c1-2-15-3-8-19(9-4-15)31-25(33)20(24(32)30-26(31)34)11-16-5-10-23(22(29)12-16)35-14-17-6-7-18(27)13-21(17)28/h3-13H,2,14H2,1H3,(H,30,32,34)/b20-11-. The lowest BCUT2D eigenvalue weighted by Gasteiger charge is -2.26. The second-order valence-corrected chi connectivity index (χ2v) is 9.70. The van der Waals surface area contributed by atoms with Crippen LogP contribution in [0, 0.1) is 3.57 Å². The quantitative estimate of drug-likeness (QED) is 0.196. The van der Waals surface area contributed by atoms with E-state index in [0.717, 1.165) is 26.0 Å². The third-order valence-electron chi connectivity index (χ3n) is 5.37. The zero-order chi connectivity index (χ0) is 25.1. The van der Waals surface area contributed by atoms with Crippen molar-refractivity contribution in [1.29, 1.82) is 0 Å². The first-order chi connectivity index (χ1) is 16.8. The maximum atomic E-state index is 13.1. The molecule has 4 rings (SSSR count). The van der Waals surface area contributed by atoms with Crippen LogP contribution in [0.4, 0.5) is 10.5 Å². The van der Waals surface area contributed by atoms with E-state index in [1.165, 1.54) is 6.08 Å². The van der Waals surface area contributed by atoms with Gasteiger partial charge in [0.15, 0.2) is 0 Å². The highest BCUT2D eigenvalue weighted by Gasteiger charge is 2.36. The van der Waals surface area contributed by atoms with E-state index >= 15 is 0 Å². The van der Waals surface area contributed by atoms with Crippen molar-refractivity contribution in [1.82, 2.24) is 5.32 Å². The average molecular weight is 621 g/mol. The number of benzene rings is 3. The highest BCUT2D eigenvalue weighted by molar-refractivity contribution is 14.1. The monoisotopic (exact) mass is 620 g/mol. The molecule has 1 aliphatic rings. The molecule has 0 atom stereocenters. The first kappa shape index (κ1) is 25.2. The fourth-order valence-electron chi connectivity index (χ4n) is 3.46. The number of amides is 4. The second kappa shape index (κ2) is 10.8. The van der Waals surface area contributed by atoms with Crippen molar-refractivity contribution in [3.8, 4) is 5.75 Å². The molecule has 4 amide bonds. The van der Waals surface area contributed by atoms with Crippen LogP contribution < -0.4 is 15.0 Å². The predicted octanol–water partition coefficient (Wildman–Crippen LogP) is 6.41. The maximum absolute atomic E-state index is 13.1. The summed E-state index contributed by atoms with van der Waals surface area (Å²) in [5.41, 5.74) is 2.73. The molecule has 3 aromatic rings. The first-order valence-corrected chi connectivity index (χ1v) is 12.5. The Kier molecular flexibility index (Phi) is 7.78. The summed E-state index contributed by atoms with van der Waals surface area (Å²) in [6.07, 6.45) is 2.29. The van der Waals surface area contributed by atoms with E-state index in [4.69, 9.17) is 27.9 Å². The van der Waals surface area contributed by atoms with Crippen molar-refractivity contribution in [3.63, 3.8) is 0 Å². The van der Waals surface area contributed by atoms with Gasteiger partial charge in [-0.05, 0) is 82.6 Å². The van der Waals surface area contributed by atoms with E-state index in [9.17, 15) is 14.4 Å². The largest absolute Gasteiger partial charge is 0.488 e. The highest BCUT2D eigenvalue weighted by Crippen LogP contribution is 2.28. The highest BCUT2D eigenvalue weighted by atomic mass is 127. The Balaban J connectivity index is 1.55. The number of nitrogens with one attached hydrogen (secondary N) is 1. The molecule has 0 bridgehead atoms. The fourth-order valence-corrected chi connectivity index (χ4v) is 4.62. The van der Waals surface area contributed by atoms with Crippen molar-refractivity contribution in [2.45, 2.75) is 20.0 Å². The summed E-state index contributed by atoms with van der Waals surface area (Å²) in [6, 6.07) is 16.7. The molecule has 1 N–H and O–H groups in total. The molecule has 1 aliphatic heterocycles. The fraction of sp³-hybridized carbons (Fsp3) is 0.115. The van der Waals surface area contributed by atoms with Gasteiger partial charge in [0, 0.05) is 15.6 Å². The number of aryl methyl sites for hydroxylation is 1. The Morgan fingerprint density at radius 1 is 1.00 bits per heavy atom. The molecule has 0 aliphatic carbocycles. The molecule has 1 fully saturated rings. The number of hydrogen-bond acceptors (Lipinski definition) is 4. The van der Waals surface area contributed by atoms with Crippen molar-refractivity contribution in [2.24, 2.45) is 0 Å². The van der Waals surface area contributed by atoms with Crippen molar-refractivity contribution >= 4 is 75.4 Å². The maximum Gasteiger partial charge on any atom is 0.335 e. The SMILES string of the molecule is CCc1ccc(N2C(=O)NC(=O)/C(=C/c3ccc(OCc4ccc(Cl)cc4Cl)c(I)c3)C2=O)cc1. The average Bonchev–Trinajstić information content (AvgIpc) is 2.82. The molecular formula is C26H19Cl2IN2O4. The van der Waals surface area contributed by atoms with Crippen LogP contribution in [0.5, 0.6) is 5.75 Å². The molecule has 0 unspecified atom stereocenters. The Labute approximate surface area is 226 Å². The van der Waals surface area contributed by atoms with Gasteiger partial charge in [-0.25, -0.2) is 9.69 Å². The summed E-state index contributed by atoms with van der Waals surface area (Å²) in [7, 11) is 0. The minimum absolute atomic E-state index is 0.137. The number of anilines is 1. The number of carbonyl (C=O) groups excluding carboxylic acids is 3. The Morgan fingerprint density at radius 3 is 2.40 bits per heavy atom. The van der Waals surface area contributed by atoms with Crippen LogP contribution in [-0.2, 0) is 22.6 Å². The molecule has 178 valence electrons. The molecule has 0 radical (unpaired) electrons. The predicted molar refractivity (Wildman–Crippen MR) is 145 cm³/mol. The van der Waals surface area contributed by atoms with Gasteiger partial charge < -0.3 is 4.74 Å². The third kappa shape index (κ3) is 5.69. The third-order valence-corrected chi connectivity index (χ3v) is 6.80.